The summed E-state index contributed by atoms with van der Waals surface area (Å²) in [6, 6.07) is 15.6. The molecule has 2 aromatic carbocycles. The summed E-state index contributed by atoms with van der Waals surface area (Å²) in [6.07, 6.45) is 5.77. The number of rotatable bonds is 11. The average molecular weight is 559 g/mol. The van der Waals surface area contributed by atoms with Gasteiger partial charge in [0.05, 0.1) is 22.8 Å². The molecule has 0 aliphatic heterocycles. The second-order valence-electron chi connectivity index (χ2n) is 11.3. The van der Waals surface area contributed by atoms with E-state index in [0.717, 1.165) is 35.9 Å². The van der Waals surface area contributed by atoms with Gasteiger partial charge in [-0.15, -0.1) is 33.3 Å². The number of aromatic nitrogens is 6. The van der Waals surface area contributed by atoms with Crippen molar-refractivity contribution in [1.82, 2.24) is 29.8 Å². The maximum absolute atomic E-state index is 11.0. The van der Waals surface area contributed by atoms with Crippen LogP contribution in [0, 0.1) is 5.92 Å². The van der Waals surface area contributed by atoms with Crippen LogP contribution in [-0.4, -0.2) is 40.5 Å². The lowest BCUT2D eigenvalue weighted by atomic mass is 9.96. The molecule has 1 aliphatic carbocycles. The van der Waals surface area contributed by atoms with Crippen LogP contribution in [0.5, 0.6) is 0 Å². The van der Waals surface area contributed by atoms with Gasteiger partial charge in [0.25, 0.3) is 0 Å². The highest BCUT2D eigenvalue weighted by molar-refractivity contribution is 7.98. The van der Waals surface area contributed by atoms with Crippen LogP contribution in [0.2, 0.25) is 0 Å². The topological polar surface area (TPSA) is 81.6 Å². The molecular weight excluding hydrogens is 525 g/mol. The van der Waals surface area contributed by atoms with Crippen molar-refractivity contribution in [2.24, 2.45) is 5.92 Å². The Balaban J connectivity index is 1.36. The first-order valence-electron chi connectivity index (χ1n) is 13.5. The molecule has 1 N–H and O–H groups in total. The molecule has 0 radical (unpaired) electrons. The van der Waals surface area contributed by atoms with Crippen LogP contribution >= 0.6 is 23.1 Å². The van der Waals surface area contributed by atoms with E-state index in [-0.39, 0.29) is 6.04 Å². The van der Waals surface area contributed by atoms with Gasteiger partial charge in [-0.25, -0.2) is 4.98 Å². The van der Waals surface area contributed by atoms with Gasteiger partial charge in [-0.3, -0.25) is 0 Å². The van der Waals surface area contributed by atoms with E-state index >= 15 is 0 Å². The summed E-state index contributed by atoms with van der Waals surface area (Å²) in [7, 11) is 0. The Morgan fingerprint density at radius 2 is 1.97 bits per heavy atom. The number of benzene rings is 2. The number of hydrogen-bond donors (Lipinski definition) is 1. The SMILES string of the molecule is CC(c1ccc(Cn2c(CC(C)(C)O)c(CC3CC3)c3cc(SCc4cscn4)ccc32)cc1)n1ncnn1. The fourth-order valence-corrected chi connectivity index (χ4v) is 6.71. The lowest BCUT2D eigenvalue weighted by molar-refractivity contribution is 0.0789. The second-order valence-corrected chi connectivity index (χ2v) is 13.0. The zero-order chi connectivity index (χ0) is 27.0. The monoisotopic (exact) mass is 558 g/mol. The Labute approximate surface area is 237 Å². The van der Waals surface area contributed by atoms with Crippen LogP contribution in [0.4, 0.5) is 0 Å². The van der Waals surface area contributed by atoms with Crippen molar-refractivity contribution in [2.75, 3.05) is 0 Å². The van der Waals surface area contributed by atoms with Crippen molar-refractivity contribution < 1.29 is 5.11 Å². The third-order valence-electron chi connectivity index (χ3n) is 7.43. The van der Waals surface area contributed by atoms with Gasteiger partial charge in [0.2, 0.25) is 0 Å². The van der Waals surface area contributed by atoms with Crippen molar-refractivity contribution >= 4 is 34.0 Å². The third kappa shape index (κ3) is 6.10. The Morgan fingerprint density at radius 1 is 1.15 bits per heavy atom. The maximum atomic E-state index is 11.0. The largest absolute Gasteiger partial charge is 0.390 e. The lowest BCUT2D eigenvalue weighted by Gasteiger charge is -2.21. The molecule has 0 bridgehead atoms. The highest BCUT2D eigenvalue weighted by Crippen LogP contribution is 2.40. The molecule has 1 aliphatic rings. The molecule has 202 valence electrons. The van der Waals surface area contributed by atoms with Gasteiger partial charge in [-0.1, -0.05) is 24.3 Å². The van der Waals surface area contributed by atoms with Gasteiger partial charge in [0, 0.05) is 45.6 Å². The molecule has 3 aromatic heterocycles. The van der Waals surface area contributed by atoms with Gasteiger partial charge in [-0.2, -0.15) is 4.80 Å². The minimum Gasteiger partial charge on any atom is -0.390 e. The first kappa shape index (κ1) is 26.2. The van der Waals surface area contributed by atoms with E-state index in [4.69, 9.17) is 0 Å². The molecule has 1 unspecified atom stereocenters. The number of aliphatic hydroxyl groups is 1. The molecule has 6 rings (SSSR count). The van der Waals surface area contributed by atoms with Gasteiger partial charge < -0.3 is 9.67 Å². The highest BCUT2D eigenvalue weighted by Gasteiger charge is 2.29. The normalized spacial score (nSPS) is 14.8. The molecule has 0 spiro atoms. The first-order valence-corrected chi connectivity index (χ1v) is 15.4. The molecule has 7 nitrogen and oxygen atoms in total. The van der Waals surface area contributed by atoms with E-state index in [1.165, 1.54) is 51.8 Å². The van der Waals surface area contributed by atoms with E-state index < -0.39 is 5.60 Å². The highest BCUT2D eigenvalue weighted by atomic mass is 32.2. The number of nitrogens with zero attached hydrogens (tertiary/aromatic N) is 6. The van der Waals surface area contributed by atoms with Crippen LogP contribution in [0.15, 0.2) is 64.6 Å². The Hall–Kier alpha value is -3.01. The number of tetrazole rings is 1. The van der Waals surface area contributed by atoms with Crippen LogP contribution in [0.25, 0.3) is 10.9 Å². The molecule has 0 amide bonds. The van der Waals surface area contributed by atoms with Gasteiger partial charge >= 0.3 is 0 Å². The summed E-state index contributed by atoms with van der Waals surface area (Å²) in [5.74, 6) is 1.63. The standard InChI is InChI=1S/C30H34N6OS2/c1-20(36-33-18-32-34-36)23-8-6-22(7-9-23)15-35-28-11-10-25(39-17-24-16-38-19-31-24)13-27(28)26(12-21-4-5-21)29(35)14-30(2,3)37/h6-11,13,16,18-21,37H,4-5,12,14-15,17H2,1-3H3. The molecule has 1 saturated carbocycles. The van der Waals surface area contributed by atoms with Gasteiger partial charge in [0.15, 0.2) is 6.33 Å². The van der Waals surface area contributed by atoms with Crippen LogP contribution in [0.3, 0.4) is 0 Å². The summed E-state index contributed by atoms with van der Waals surface area (Å²) in [4.78, 5) is 7.34. The Kier molecular flexibility index (Phi) is 7.31. The Morgan fingerprint density at radius 3 is 2.64 bits per heavy atom. The lowest BCUT2D eigenvalue weighted by Crippen LogP contribution is -2.25. The van der Waals surface area contributed by atoms with E-state index in [9.17, 15) is 5.11 Å². The van der Waals surface area contributed by atoms with E-state index in [2.05, 4.69) is 79.7 Å². The maximum Gasteiger partial charge on any atom is 0.162 e. The third-order valence-corrected chi connectivity index (χ3v) is 9.09. The molecule has 39 heavy (non-hydrogen) atoms. The summed E-state index contributed by atoms with van der Waals surface area (Å²) < 4.78 is 2.44. The summed E-state index contributed by atoms with van der Waals surface area (Å²) in [5, 5.41) is 26.5. The summed E-state index contributed by atoms with van der Waals surface area (Å²) >= 11 is 3.49. The van der Waals surface area contributed by atoms with E-state index in [1.54, 1.807) is 16.1 Å². The van der Waals surface area contributed by atoms with Crippen molar-refractivity contribution in [3.8, 4) is 0 Å². The van der Waals surface area contributed by atoms with Crippen LogP contribution in [-0.2, 0) is 25.1 Å². The molecule has 0 saturated heterocycles. The van der Waals surface area contributed by atoms with Crippen LogP contribution < -0.4 is 0 Å². The fourth-order valence-electron chi connectivity index (χ4n) is 5.21. The zero-order valence-corrected chi connectivity index (χ0v) is 24.3. The molecule has 3 heterocycles. The number of hydrogen-bond acceptors (Lipinski definition) is 7. The number of fused-ring (bicyclic) bond motifs is 1. The Bertz CT molecular complexity index is 1530. The van der Waals surface area contributed by atoms with Crippen molar-refractivity contribution in [1.29, 1.82) is 0 Å². The fraction of sp³-hybridized carbons (Fsp3) is 0.400. The molecule has 9 heteroatoms. The molecule has 1 atom stereocenters. The van der Waals surface area contributed by atoms with Crippen LogP contribution in [0.1, 0.15) is 67.7 Å². The number of thioether (sulfide) groups is 1. The minimum atomic E-state index is -0.795. The van der Waals surface area contributed by atoms with E-state index in [1.807, 2.05) is 31.1 Å². The molecule has 1 fully saturated rings. The van der Waals surface area contributed by atoms with Crippen molar-refractivity contribution in [3.05, 3.63) is 87.8 Å². The first-order chi connectivity index (χ1) is 18.8. The van der Waals surface area contributed by atoms with Crippen molar-refractivity contribution in [2.45, 2.75) is 75.3 Å². The quantitative estimate of drug-likeness (QED) is 0.192. The van der Waals surface area contributed by atoms with Gasteiger partial charge in [-0.05, 0) is 86.1 Å². The zero-order valence-electron chi connectivity index (χ0n) is 22.6. The molecule has 5 aromatic rings. The second kappa shape index (κ2) is 10.9. The van der Waals surface area contributed by atoms with Crippen molar-refractivity contribution in [3.63, 3.8) is 0 Å². The number of thiazole rings is 1. The summed E-state index contributed by atoms with van der Waals surface area (Å²) in [6.45, 7) is 6.67. The summed E-state index contributed by atoms with van der Waals surface area (Å²) in [5.41, 5.74) is 8.51. The molecular formula is C30H34N6OS2. The van der Waals surface area contributed by atoms with Gasteiger partial charge in [0.1, 0.15) is 0 Å². The predicted molar refractivity (Wildman–Crippen MR) is 157 cm³/mol. The predicted octanol–water partition coefficient (Wildman–Crippen LogP) is 6.30. The average Bonchev–Trinajstić information content (AvgIpc) is 3.28. The smallest absolute Gasteiger partial charge is 0.162 e. The van der Waals surface area contributed by atoms with E-state index in [0.29, 0.717) is 6.42 Å². The minimum absolute atomic E-state index is 0.0186.